The van der Waals surface area contributed by atoms with Crippen LogP contribution in [0.15, 0.2) is 40.9 Å². The Kier molecular flexibility index (Phi) is 5.73. The van der Waals surface area contributed by atoms with Crippen molar-refractivity contribution in [2.24, 2.45) is 0 Å². The average Bonchev–Trinajstić information content (AvgIpc) is 2.48. The second-order valence-electron chi connectivity index (χ2n) is 4.81. The van der Waals surface area contributed by atoms with E-state index < -0.39 is 11.6 Å². The van der Waals surface area contributed by atoms with Crippen LogP contribution in [0.1, 0.15) is 11.1 Å². The summed E-state index contributed by atoms with van der Waals surface area (Å²) in [6, 6.07) is 10.0. The van der Waals surface area contributed by atoms with Gasteiger partial charge in [-0.25, -0.2) is 8.78 Å². The van der Waals surface area contributed by atoms with Gasteiger partial charge in [0.15, 0.2) is 0 Å². The molecule has 2 rings (SSSR count). The maximum absolute atomic E-state index is 14.0. The smallest absolute Gasteiger partial charge is 0.143 e. The number of hydrogen-bond acceptors (Lipinski definition) is 1. The van der Waals surface area contributed by atoms with Gasteiger partial charge < -0.3 is 5.32 Å². The summed E-state index contributed by atoms with van der Waals surface area (Å²) in [7, 11) is 1.77. The van der Waals surface area contributed by atoms with Crippen LogP contribution in [0.3, 0.4) is 0 Å². The van der Waals surface area contributed by atoms with Crippen molar-refractivity contribution in [3.63, 3.8) is 0 Å². The van der Waals surface area contributed by atoms with Gasteiger partial charge in [0.25, 0.3) is 0 Å². The third-order valence-electron chi connectivity index (χ3n) is 3.42. The standard InChI is InChI=1S/C16H15BrClF2N/c1-21-11(8-10-4-2-3-5-14(10)18)9-12-15(19)7-6-13(17)16(12)20/h2-7,11,21H,8-9H2,1H3. The van der Waals surface area contributed by atoms with Gasteiger partial charge in [0.2, 0.25) is 0 Å². The minimum absolute atomic E-state index is 0.0794. The highest BCUT2D eigenvalue weighted by Gasteiger charge is 2.18. The molecule has 0 heterocycles. The van der Waals surface area contributed by atoms with Gasteiger partial charge in [0.1, 0.15) is 11.6 Å². The van der Waals surface area contributed by atoms with Crippen LogP contribution >= 0.6 is 27.5 Å². The largest absolute Gasteiger partial charge is 0.316 e. The average molecular weight is 375 g/mol. The molecule has 0 aliphatic rings. The van der Waals surface area contributed by atoms with Crippen molar-refractivity contribution < 1.29 is 8.78 Å². The predicted octanol–water partition coefficient (Wildman–Crippen LogP) is 4.75. The highest BCUT2D eigenvalue weighted by molar-refractivity contribution is 9.10. The first-order chi connectivity index (χ1) is 10.0. The number of nitrogens with one attached hydrogen (secondary N) is 1. The number of hydrogen-bond donors (Lipinski definition) is 1. The first-order valence-corrected chi connectivity index (χ1v) is 7.73. The summed E-state index contributed by atoms with van der Waals surface area (Å²) >= 11 is 9.22. The molecule has 0 saturated carbocycles. The second kappa shape index (κ2) is 7.34. The van der Waals surface area contributed by atoms with Crippen LogP contribution in [-0.2, 0) is 12.8 Å². The lowest BCUT2D eigenvalue weighted by Crippen LogP contribution is -2.30. The Morgan fingerprint density at radius 3 is 2.52 bits per heavy atom. The molecular weight excluding hydrogens is 360 g/mol. The van der Waals surface area contributed by atoms with Crippen LogP contribution in [0.4, 0.5) is 8.78 Å². The molecule has 2 aromatic rings. The SMILES string of the molecule is CNC(Cc1ccccc1Cl)Cc1c(F)ccc(Br)c1F. The van der Waals surface area contributed by atoms with Crippen LogP contribution in [0, 0.1) is 11.6 Å². The van der Waals surface area contributed by atoms with Gasteiger partial charge in [-0.15, -0.1) is 0 Å². The lowest BCUT2D eigenvalue weighted by molar-refractivity contribution is 0.500. The third kappa shape index (κ3) is 4.02. The van der Waals surface area contributed by atoms with Crippen LogP contribution in [0.2, 0.25) is 5.02 Å². The first kappa shape index (κ1) is 16.4. The Balaban J connectivity index is 2.21. The molecule has 0 spiro atoms. The van der Waals surface area contributed by atoms with Crippen molar-refractivity contribution >= 4 is 27.5 Å². The van der Waals surface area contributed by atoms with Crippen LogP contribution in [0.5, 0.6) is 0 Å². The third-order valence-corrected chi connectivity index (χ3v) is 4.40. The van der Waals surface area contributed by atoms with Gasteiger partial charge in [0.05, 0.1) is 4.47 Å². The molecule has 0 bridgehead atoms. The topological polar surface area (TPSA) is 12.0 Å². The van der Waals surface area contributed by atoms with Crippen molar-refractivity contribution in [3.8, 4) is 0 Å². The van der Waals surface area contributed by atoms with E-state index in [-0.39, 0.29) is 22.5 Å². The van der Waals surface area contributed by atoms with Gasteiger partial charge in [-0.3, -0.25) is 0 Å². The normalized spacial score (nSPS) is 12.4. The van der Waals surface area contributed by atoms with Crippen molar-refractivity contribution in [2.45, 2.75) is 18.9 Å². The molecule has 5 heteroatoms. The quantitative estimate of drug-likeness (QED) is 0.745. The molecule has 0 radical (unpaired) electrons. The molecule has 0 aromatic heterocycles. The maximum Gasteiger partial charge on any atom is 0.143 e. The fourth-order valence-corrected chi connectivity index (χ4v) is 2.79. The number of likely N-dealkylation sites (N-methyl/N-ethyl adjacent to an activating group) is 1. The molecule has 0 fully saturated rings. The molecule has 1 N–H and O–H groups in total. The molecule has 0 amide bonds. The fraction of sp³-hybridized carbons (Fsp3) is 0.250. The molecule has 0 aliphatic heterocycles. The van der Waals surface area contributed by atoms with Crippen molar-refractivity contribution in [3.05, 3.63) is 68.7 Å². The zero-order chi connectivity index (χ0) is 15.4. The van der Waals surface area contributed by atoms with Crippen LogP contribution in [-0.4, -0.2) is 13.1 Å². The van der Waals surface area contributed by atoms with E-state index in [0.717, 1.165) is 5.56 Å². The lowest BCUT2D eigenvalue weighted by atomic mass is 9.98. The minimum Gasteiger partial charge on any atom is -0.316 e. The zero-order valence-electron chi connectivity index (χ0n) is 11.5. The van der Waals surface area contributed by atoms with E-state index in [0.29, 0.717) is 11.4 Å². The Morgan fingerprint density at radius 2 is 1.86 bits per heavy atom. The predicted molar refractivity (Wildman–Crippen MR) is 85.8 cm³/mol. The molecule has 112 valence electrons. The van der Waals surface area contributed by atoms with Gasteiger partial charge in [-0.05, 0) is 59.6 Å². The molecule has 1 nitrogen and oxygen atoms in total. The van der Waals surface area contributed by atoms with E-state index in [4.69, 9.17) is 11.6 Å². The maximum atomic E-state index is 14.0. The van der Waals surface area contributed by atoms with Gasteiger partial charge in [-0.1, -0.05) is 29.8 Å². The number of benzene rings is 2. The fourth-order valence-electron chi connectivity index (χ4n) is 2.21. The lowest BCUT2D eigenvalue weighted by Gasteiger charge is -2.18. The minimum atomic E-state index is -0.547. The molecule has 1 atom stereocenters. The Labute approximate surface area is 136 Å². The molecule has 0 aliphatic carbocycles. The summed E-state index contributed by atoms with van der Waals surface area (Å²) in [6.07, 6.45) is 0.848. The summed E-state index contributed by atoms with van der Waals surface area (Å²) in [5, 5.41) is 3.75. The van der Waals surface area contributed by atoms with E-state index in [9.17, 15) is 8.78 Å². The van der Waals surface area contributed by atoms with Crippen LogP contribution < -0.4 is 5.32 Å². The Hall–Kier alpha value is -0.970. The highest BCUT2D eigenvalue weighted by Crippen LogP contribution is 2.24. The molecular formula is C16H15BrClF2N. The summed E-state index contributed by atoms with van der Waals surface area (Å²) in [5.41, 5.74) is 1.03. The highest BCUT2D eigenvalue weighted by atomic mass is 79.9. The van der Waals surface area contributed by atoms with E-state index in [2.05, 4.69) is 21.2 Å². The zero-order valence-corrected chi connectivity index (χ0v) is 13.8. The molecule has 0 saturated heterocycles. The van der Waals surface area contributed by atoms with Gasteiger partial charge in [-0.2, -0.15) is 0 Å². The van der Waals surface area contributed by atoms with Crippen molar-refractivity contribution in [2.75, 3.05) is 7.05 Å². The van der Waals surface area contributed by atoms with E-state index in [1.54, 1.807) is 7.05 Å². The van der Waals surface area contributed by atoms with Crippen molar-refractivity contribution in [1.82, 2.24) is 5.32 Å². The summed E-state index contributed by atoms with van der Waals surface area (Å²) < 4.78 is 28.1. The number of rotatable bonds is 5. The summed E-state index contributed by atoms with van der Waals surface area (Å²) in [4.78, 5) is 0. The van der Waals surface area contributed by atoms with E-state index >= 15 is 0 Å². The number of halogens is 4. The summed E-state index contributed by atoms with van der Waals surface area (Å²) in [5.74, 6) is -1.08. The Bertz CT molecular complexity index is 634. The Morgan fingerprint density at radius 1 is 1.14 bits per heavy atom. The molecule has 21 heavy (non-hydrogen) atoms. The monoisotopic (exact) mass is 373 g/mol. The van der Waals surface area contributed by atoms with Crippen molar-refractivity contribution in [1.29, 1.82) is 0 Å². The molecule has 2 aromatic carbocycles. The molecule has 1 unspecified atom stereocenters. The second-order valence-corrected chi connectivity index (χ2v) is 6.07. The summed E-state index contributed by atoms with van der Waals surface area (Å²) in [6.45, 7) is 0. The van der Waals surface area contributed by atoms with Gasteiger partial charge >= 0.3 is 0 Å². The van der Waals surface area contributed by atoms with Gasteiger partial charge in [0, 0.05) is 16.6 Å². The van der Waals surface area contributed by atoms with E-state index in [1.165, 1.54) is 12.1 Å². The first-order valence-electron chi connectivity index (χ1n) is 6.56. The van der Waals surface area contributed by atoms with Crippen LogP contribution in [0.25, 0.3) is 0 Å². The van der Waals surface area contributed by atoms with E-state index in [1.807, 2.05) is 24.3 Å².